The minimum atomic E-state index is -0.238. The molecule has 0 aliphatic rings. The molecule has 0 spiro atoms. The van der Waals surface area contributed by atoms with Gasteiger partial charge in [-0.05, 0) is 24.1 Å². The van der Waals surface area contributed by atoms with Gasteiger partial charge in [0, 0.05) is 24.7 Å². The van der Waals surface area contributed by atoms with E-state index in [0.29, 0.717) is 12.6 Å². The highest BCUT2D eigenvalue weighted by Crippen LogP contribution is 2.24. The molecule has 0 aliphatic carbocycles. The van der Waals surface area contributed by atoms with Gasteiger partial charge in [-0.25, -0.2) is 9.07 Å². The SMILES string of the molecule is CCCn1nncc1-c1cc(F)ccc1CNC(C)C. The van der Waals surface area contributed by atoms with E-state index in [1.165, 1.54) is 6.07 Å². The summed E-state index contributed by atoms with van der Waals surface area (Å²) < 4.78 is 15.4. The fourth-order valence-corrected chi connectivity index (χ4v) is 2.10. The first-order chi connectivity index (χ1) is 9.61. The van der Waals surface area contributed by atoms with Gasteiger partial charge in [0.1, 0.15) is 5.82 Å². The Morgan fingerprint density at radius 3 is 2.85 bits per heavy atom. The van der Waals surface area contributed by atoms with Gasteiger partial charge in [0.25, 0.3) is 0 Å². The molecule has 0 atom stereocenters. The van der Waals surface area contributed by atoms with Crippen molar-refractivity contribution in [1.82, 2.24) is 20.3 Å². The van der Waals surface area contributed by atoms with Gasteiger partial charge < -0.3 is 5.32 Å². The van der Waals surface area contributed by atoms with E-state index in [2.05, 4.69) is 36.4 Å². The second kappa shape index (κ2) is 6.61. The normalized spacial score (nSPS) is 11.2. The fraction of sp³-hybridized carbons (Fsp3) is 0.467. The number of halogens is 1. The van der Waals surface area contributed by atoms with E-state index in [-0.39, 0.29) is 5.82 Å². The Hall–Kier alpha value is -1.75. The van der Waals surface area contributed by atoms with Gasteiger partial charge in [0.2, 0.25) is 0 Å². The van der Waals surface area contributed by atoms with Crippen molar-refractivity contribution in [2.45, 2.75) is 46.3 Å². The molecule has 0 saturated carbocycles. The smallest absolute Gasteiger partial charge is 0.123 e. The third-order valence-electron chi connectivity index (χ3n) is 3.10. The summed E-state index contributed by atoms with van der Waals surface area (Å²) in [5.41, 5.74) is 2.78. The van der Waals surface area contributed by atoms with Crippen LogP contribution >= 0.6 is 0 Å². The maximum atomic E-state index is 13.6. The summed E-state index contributed by atoms with van der Waals surface area (Å²) in [5, 5.41) is 11.4. The summed E-state index contributed by atoms with van der Waals surface area (Å²) in [4.78, 5) is 0. The number of aryl methyl sites for hydroxylation is 1. The molecule has 4 nitrogen and oxygen atoms in total. The van der Waals surface area contributed by atoms with Crippen LogP contribution in [0.1, 0.15) is 32.8 Å². The van der Waals surface area contributed by atoms with Gasteiger partial charge in [0.15, 0.2) is 0 Å². The molecule has 0 aliphatic heterocycles. The van der Waals surface area contributed by atoms with Crippen molar-refractivity contribution in [2.24, 2.45) is 0 Å². The van der Waals surface area contributed by atoms with E-state index in [4.69, 9.17) is 0 Å². The summed E-state index contributed by atoms with van der Waals surface area (Å²) in [6.45, 7) is 7.74. The Balaban J connectivity index is 2.37. The third kappa shape index (κ3) is 3.42. The van der Waals surface area contributed by atoms with Crippen LogP contribution in [0.5, 0.6) is 0 Å². The molecule has 20 heavy (non-hydrogen) atoms. The second-order valence-corrected chi connectivity index (χ2v) is 5.18. The van der Waals surface area contributed by atoms with Gasteiger partial charge >= 0.3 is 0 Å². The van der Waals surface area contributed by atoms with E-state index < -0.39 is 0 Å². The number of aromatic nitrogens is 3. The predicted octanol–water partition coefficient (Wildman–Crippen LogP) is 2.99. The van der Waals surface area contributed by atoms with E-state index in [1.807, 2.05) is 10.7 Å². The van der Waals surface area contributed by atoms with Crippen molar-refractivity contribution in [3.63, 3.8) is 0 Å². The summed E-state index contributed by atoms with van der Waals surface area (Å²) in [7, 11) is 0. The van der Waals surface area contributed by atoms with Crippen molar-refractivity contribution in [3.8, 4) is 11.3 Å². The topological polar surface area (TPSA) is 42.7 Å². The average molecular weight is 276 g/mol. The Morgan fingerprint density at radius 1 is 1.35 bits per heavy atom. The zero-order chi connectivity index (χ0) is 14.5. The number of hydrogen-bond acceptors (Lipinski definition) is 3. The maximum absolute atomic E-state index is 13.6. The van der Waals surface area contributed by atoms with E-state index in [9.17, 15) is 4.39 Å². The van der Waals surface area contributed by atoms with Gasteiger partial charge in [-0.1, -0.05) is 32.1 Å². The molecule has 1 aromatic heterocycles. The Morgan fingerprint density at radius 2 is 2.15 bits per heavy atom. The molecule has 1 aromatic carbocycles. The third-order valence-corrected chi connectivity index (χ3v) is 3.10. The quantitative estimate of drug-likeness (QED) is 0.882. The molecule has 0 unspecified atom stereocenters. The molecule has 2 aromatic rings. The minimum Gasteiger partial charge on any atom is -0.310 e. The zero-order valence-corrected chi connectivity index (χ0v) is 12.2. The molecule has 1 heterocycles. The Kier molecular flexibility index (Phi) is 4.84. The minimum absolute atomic E-state index is 0.238. The first-order valence-corrected chi connectivity index (χ1v) is 7.02. The number of benzene rings is 1. The van der Waals surface area contributed by atoms with Crippen molar-refractivity contribution >= 4 is 0 Å². The van der Waals surface area contributed by atoms with Crippen LogP contribution in [-0.2, 0) is 13.1 Å². The van der Waals surface area contributed by atoms with Crippen LogP contribution in [0.25, 0.3) is 11.3 Å². The van der Waals surface area contributed by atoms with Crippen molar-refractivity contribution < 1.29 is 4.39 Å². The molecule has 0 radical (unpaired) electrons. The fourth-order valence-electron chi connectivity index (χ4n) is 2.10. The van der Waals surface area contributed by atoms with Crippen LogP contribution in [0.3, 0.4) is 0 Å². The highest BCUT2D eigenvalue weighted by atomic mass is 19.1. The van der Waals surface area contributed by atoms with Gasteiger partial charge in [-0.15, -0.1) is 5.10 Å². The summed E-state index contributed by atoms with van der Waals surface area (Å²) in [6, 6.07) is 5.26. The van der Waals surface area contributed by atoms with Crippen LogP contribution in [0, 0.1) is 5.82 Å². The predicted molar refractivity (Wildman–Crippen MR) is 77.7 cm³/mol. The van der Waals surface area contributed by atoms with Crippen molar-refractivity contribution in [3.05, 3.63) is 35.8 Å². The molecular formula is C15H21FN4. The van der Waals surface area contributed by atoms with E-state index in [0.717, 1.165) is 29.8 Å². The molecule has 0 fully saturated rings. The lowest BCUT2D eigenvalue weighted by Gasteiger charge is -2.13. The molecule has 0 amide bonds. The molecule has 0 bridgehead atoms. The number of nitrogens with one attached hydrogen (secondary N) is 1. The molecule has 5 heteroatoms. The number of nitrogens with zero attached hydrogens (tertiary/aromatic N) is 3. The zero-order valence-electron chi connectivity index (χ0n) is 12.2. The highest BCUT2D eigenvalue weighted by molar-refractivity contribution is 5.63. The largest absolute Gasteiger partial charge is 0.310 e. The monoisotopic (exact) mass is 276 g/mol. The lowest BCUT2D eigenvalue weighted by molar-refractivity contribution is 0.577. The molecular weight excluding hydrogens is 255 g/mol. The van der Waals surface area contributed by atoms with Gasteiger partial charge in [-0.3, -0.25) is 0 Å². The maximum Gasteiger partial charge on any atom is 0.123 e. The Labute approximate surface area is 119 Å². The van der Waals surface area contributed by atoms with Crippen LogP contribution < -0.4 is 5.32 Å². The van der Waals surface area contributed by atoms with Crippen molar-refractivity contribution in [2.75, 3.05) is 0 Å². The van der Waals surface area contributed by atoms with Gasteiger partial charge in [0.05, 0.1) is 11.9 Å². The number of hydrogen-bond donors (Lipinski definition) is 1. The number of rotatable bonds is 6. The first kappa shape index (κ1) is 14.7. The van der Waals surface area contributed by atoms with Crippen molar-refractivity contribution in [1.29, 1.82) is 0 Å². The van der Waals surface area contributed by atoms with Crippen LogP contribution in [-0.4, -0.2) is 21.0 Å². The van der Waals surface area contributed by atoms with Crippen LogP contribution in [0.4, 0.5) is 4.39 Å². The van der Waals surface area contributed by atoms with Crippen LogP contribution in [0.15, 0.2) is 24.4 Å². The highest BCUT2D eigenvalue weighted by Gasteiger charge is 2.12. The standard InChI is InChI=1S/C15H21FN4/c1-4-7-20-15(10-18-19-20)14-8-13(16)6-5-12(14)9-17-11(2)3/h5-6,8,10-11,17H,4,7,9H2,1-3H3. The molecule has 0 saturated heterocycles. The molecule has 108 valence electrons. The summed E-state index contributed by atoms with van der Waals surface area (Å²) in [5.74, 6) is -0.238. The molecule has 2 rings (SSSR count). The average Bonchev–Trinajstić information content (AvgIpc) is 2.85. The Bertz CT molecular complexity index is 563. The molecule has 1 N–H and O–H groups in total. The summed E-state index contributed by atoms with van der Waals surface area (Å²) in [6.07, 6.45) is 2.66. The van der Waals surface area contributed by atoms with Crippen LogP contribution in [0.2, 0.25) is 0 Å². The lowest BCUT2D eigenvalue weighted by atomic mass is 10.0. The van der Waals surface area contributed by atoms with Gasteiger partial charge in [-0.2, -0.15) is 0 Å². The second-order valence-electron chi connectivity index (χ2n) is 5.18. The van der Waals surface area contributed by atoms with E-state index in [1.54, 1.807) is 12.3 Å². The first-order valence-electron chi connectivity index (χ1n) is 7.02. The van der Waals surface area contributed by atoms with E-state index >= 15 is 0 Å². The lowest BCUT2D eigenvalue weighted by Crippen LogP contribution is -2.22. The summed E-state index contributed by atoms with van der Waals surface area (Å²) >= 11 is 0.